The Morgan fingerprint density at radius 2 is 1.87 bits per heavy atom. The maximum absolute atomic E-state index is 12.6. The van der Waals surface area contributed by atoms with Crippen LogP contribution in [0.1, 0.15) is 43.7 Å². The van der Waals surface area contributed by atoms with Gasteiger partial charge in [0.1, 0.15) is 5.75 Å². The van der Waals surface area contributed by atoms with E-state index in [1.54, 1.807) is 0 Å². The average molecular weight is 318 g/mol. The molecule has 2 rings (SSSR count). The molecule has 1 heterocycles. The van der Waals surface area contributed by atoms with Crippen molar-refractivity contribution in [2.75, 3.05) is 26.2 Å². The summed E-state index contributed by atoms with van der Waals surface area (Å²) in [7, 11) is 0. The van der Waals surface area contributed by atoms with E-state index in [9.17, 15) is 4.79 Å². The van der Waals surface area contributed by atoms with Gasteiger partial charge in [0.15, 0.2) is 0 Å². The van der Waals surface area contributed by atoms with Gasteiger partial charge in [-0.1, -0.05) is 13.0 Å². The Morgan fingerprint density at radius 3 is 2.48 bits per heavy atom. The molecule has 1 aromatic rings. The van der Waals surface area contributed by atoms with Crippen LogP contribution in [0, 0.1) is 13.8 Å². The summed E-state index contributed by atoms with van der Waals surface area (Å²) in [4.78, 5) is 14.7. The van der Waals surface area contributed by atoms with Gasteiger partial charge in [0.25, 0.3) is 0 Å². The van der Waals surface area contributed by atoms with E-state index in [1.807, 2.05) is 12.1 Å². The second-order valence-electron chi connectivity index (χ2n) is 6.49. The number of carbonyl (C=O) groups is 1. The Balaban J connectivity index is 1.85. The van der Waals surface area contributed by atoms with Gasteiger partial charge in [0.05, 0.1) is 13.0 Å². The summed E-state index contributed by atoms with van der Waals surface area (Å²) in [5, 5.41) is 3.36. The van der Waals surface area contributed by atoms with Gasteiger partial charge in [-0.3, -0.25) is 4.79 Å². The molecule has 0 saturated carbocycles. The van der Waals surface area contributed by atoms with Crippen LogP contribution in [0.25, 0.3) is 0 Å². The third kappa shape index (κ3) is 5.54. The lowest BCUT2D eigenvalue weighted by atomic mass is 10.0. The minimum atomic E-state index is 0.225. The van der Waals surface area contributed by atoms with E-state index in [2.05, 4.69) is 37.1 Å². The van der Waals surface area contributed by atoms with Crippen molar-refractivity contribution in [3.63, 3.8) is 0 Å². The van der Waals surface area contributed by atoms with Gasteiger partial charge < -0.3 is 15.0 Å². The molecule has 0 atom stereocenters. The summed E-state index contributed by atoms with van der Waals surface area (Å²) in [6.45, 7) is 9.58. The fourth-order valence-corrected chi connectivity index (χ4v) is 3.29. The van der Waals surface area contributed by atoms with Crippen molar-refractivity contribution in [2.45, 2.75) is 52.5 Å². The number of aryl methyl sites for hydroxylation is 2. The zero-order chi connectivity index (χ0) is 16.7. The fourth-order valence-electron chi connectivity index (χ4n) is 3.29. The lowest BCUT2D eigenvalue weighted by Crippen LogP contribution is -2.46. The molecule has 1 fully saturated rings. The van der Waals surface area contributed by atoms with Crippen LogP contribution in [0.2, 0.25) is 0 Å². The number of piperidine rings is 1. The van der Waals surface area contributed by atoms with Crippen LogP contribution in [-0.4, -0.2) is 43.1 Å². The lowest BCUT2D eigenvalue weighted by molar-refractivity contribution is -0.134. The van der Waals surface area contributed by atoms with Crippen LogP contribution in [0.3, 0.4) is 0 Å². The highest BCUT2D eigenvalue weighted by Crippen LogP contribution is 2.17. The van der Waals surface area contributed by atoms with Crippen LogP contribution in [0.5, 0.6) is 5.75 Å². The van der Waals surface area contributed by atoms with E-state index < -0.39 is 0 Å². The number of carbonyl (C=O) groups excluding carboxylic acids is 1. The smallest absolute Gasteiger partial charge is 0.226 e. The highest BCUT2D eigenvalue weighted by molar-refractivity contribution is 5.76. The number of hydrogen-bond acceptors (Lipinski definition) is 3. The minimum Gasteiger partial charge on any atom is -0.493 e. The van der Waals surface area contributed by atoms with Crippen molar-refractivity contribution in [1.82, 2.24) is 10.2 Å². The van der Waals surface area contributed by atoms with E-state index in [1.165, 1.54) is 11.1 Å². The number of rotatable bonds is 7. The maximum atomic E-state index is 12.6. The molecule has 0 unspecified atom stereocenters. The van der Waals surface area contributed by atoms with Crippen LogP contribution >= 0.6 is 0 Å². The highest BCUT2D eigenvalue weighted by atomic mass is 16.5. The molecule has 23 heavy (non-hydrogen) atoms. The number of amides is 1. The van der Waals surface area contributed by atoms with Crippen molar-refractivity contribution >= 4 is 5.91 Å². The highest BCUT2D eigenvalue weighted by Gasteiger charge is 2.24. The van der Waals surface area contributed by atoms with Crippen LogP contribution in [0.15, 0.2) is 18.2 Å². The minimum absolute atomic E-state index is 0.225. The first-order chi connectivity index (χ1) is 11.1. The van der Waals surface area contributed by atoms with Gasteiger partial charge in [-0.25, -0.2) is 0 Å². The molecule has 0 aliphatic carbocycles. The molecule has 4 nitrogen and oxygen atoms in total. The molecule has 0 bridgehead atoms. The number of benzene rings is 1. The molecular weight excluding hydrogens is 288 g/mol. The molecule has 0 radical (unpaired) electrons. The fraction of sp³-hybridized carbons (Fsp3) is 0.632. The van der Waals surface area contributed by atoms with E-state index in [-0.39, 0.29) is 5.91 Å². The van der Waals surface area contributed by atoms with Crippen molar-refractivity contribution in [1.29, 1.82) is 0 Å². The molecule has 1 amide bonds. The second-order valence-corrected chi connectivity index (χ2v) is 6.49. The maximum Gasteiger partial charge on any atom is 0.226 e. The quantitative estimate of drug-likeness (QED) is 0.840. The summed E-state index contributed by atoms with van der Waals surface area (Å²) in [6, 6.07) is 6.56. The third-order valence-electron chi connectivity index (χ3n) is 4.31. The SMILES string of the molecule is CCCN(C(=O)CCOc1cc(C)cc(C)c1)C1CCNCC1. The summed E-state index contributed by atoms with van der Waals surface area (Å²) in [5.74, 6) is 1.09. The number of hydrogen-bond donors (Lipinski definition) is 1. The molecule has 0 aromatic heterocycles. The molecule has 1 aliphatic rings. The van der Waals surface area contributed by atoms with E-state index in [0.717, 1.165) is 44.6 Å². The summed E-state index contributed by atoms with van der Waals surface area (Å²) in [5.41, 5.74) is 2.38. The molecule has 128 valence electrons. The Bertz CT molecular complexity index is 490. The first kappa shape index (κ1) is 17.8. The van der Waals surface area contributed by atoms with Crippen LogP contribution in [0.4, 0.5) is 0 Å². The predicted octanol–water partition coefficient (Wildman–Crippen LogP) is 3.06. The van der Waals surface area contributed by atoms with Crippen LogP contribution in [-0.2, 0) is 4.79 Å². The first-order valence-corrected chi connectivity index (χ1v) is 8.81. The van der Waals surface area contributed by atoms with Crippen molar-refractivity contribution < 1.29 is 9.53 Å². The van der Waals surface area contributed by atoms with E-state index in [0.29, 0.717) is 19.1 Å². The number of ether oxygens (including phenoxy) is 1. The van der Waals surface area contributed by atoms with E-state index in [4.69, 9.17) is 4.74 Å². The lowest BCUT2D eigenvalue weighted by Gasteiger charge is -2.34. The third-order valence-corrected chi connectivity index (χ3v) is 4.31. The monoisotopic (exact) mass is 318 g/mol. The summed E-state index contributed by atoms with van der Waals surface area (Å²) >= 11 is 0. The molecule has 1 saturated heterocycles. The van der Waals surface area contributed by atoms with Gasteiger partial charge in [-0.15, -0.1) is 0 Å². The Labute approximate surface area is 140 Å². The van der Waals surface area contributed by atoms with Crippen molar-refractivity contribution in [3.8, 4) is 5.75 Å². The largest absolute Gasteiger partial charge is 0.493 e. The van der Waals surface area contributed by atoms with Gasteiger partial charge in [0.2, 0.25) is 5.91 Å². The molecule has 1 aromatic carbocycles. The summed E-state index contributed by atoms with van der Waals surface area (Å²) in [6.07, 6.45) is 3.58. The van der Waals surface area contributed by atoms with E-state index >= 15 is 0 Å². The number of nitrogens with zero attached hydrogens (tertiary/aromatic N) is 1. The molecule has 4 heteroatoms. The van der Waals surface area contributed by atoms with Crippen LogP contribution < -0.4 is 10.1 Å². The average Bonchev–Trinajstić information content (AvgIpc) is 2.52. The standard InChI is InChI=1S/C19H30N2O2/c1-4-10-21(17-5-8-20-9-6-17)19(22)7-11-23-18-13-15(2)12-16(3)14-18/h12-14,17,20H,4-11H2,1-3H3. The molecular formula is C19H30N2O2. The normalized spacial score (nSPS) is 15.4. The van der Waals surface area contributed by atoms with Gasteiger partial charge in [-0.2, -0.15) is 0 Å². The molecule has 1 aliphatic heterocycles. The summed E-state index contributed by atoms with van der Waals surface area (Å²) < 4.78 is 5.79. The Morgan fingerprint density at radius 1 is 1.22 bits per heavy atom. The zero-order valence-electron chi connectivity index (χ0n) is 14.7. The Hall–Kier alpha value is -1.55. The van der Waals surface area contributed by atoms with Gasteiger partial charge in [0, 0.05) is 12.6 Å². The number of nitrogens with one attached hydrogen (secondary N) is 1. The predicted molar refractivity (Wildman–Crippen MR) is 93.9 cm³/mol. The molecule has 0 spiro atoms. The van der Waals surface area contributed by atoms with Crippen molar-refractivity contribution in [2.24, 2.45) is 0 Å². The Kier molecular flexibility index (Phi) is 6.90. The topological polar surface area (TPSA) is 41.6 Å². The second kappa shape index (κ2) is 8.92. The van der Waals surface area contributed by atoms with Gasteiger partial charge in [-0.05, 0) is 69.5 Å². The zero-order valence-corrected chi connectivity index (χ0v) is 14.7. The van der Waals surface area contributed by atoms with Crippen molar-refractivity contribution in [3.05, 3.63) is 29.3 Å². The molecule has 1 N–H and O–H groups in total. The van der Waals surface area contributed by atoms with Gasteiger partial charge >= 0.3 is 0 Å². The first-order valence-electron chi connectivity index (χ1n) is 8.81.